The first kappa shape index (κ1) is 7.28. The van der Waals surface area contributed by atoms with Gasteiger partial charge in [-0.25, -0.2) is 0 Å². The number of fused-ring (bicyclic) bond motifs is 1. The van der Waals surface area contributed by atoms with Crippen molar-refractivity contribution in [2.24, 2.45) is 0 Å². The number of aliphatic hydroxyl groups excluding tert-OH is 1. The molecule has 3 rings (SSSR count). The zero-order chi connectivity index (χ0) is 8.72. The summed E-state index contributed by atoms with van der Waals surface area (Å²) < 4.78 is 0. The highest BCUT2D eigenvalue weighted by molar-refractivity contribution is 5.54. The highest BCUT2D eigenvalue weighted by Crippen LogP contribution is 2.31. The van der Waals surface area contributed by atoms with E-state index in [4.69, 9.17) is 0 Å². The van der Waals surface area contributed by atoms with Gasteiger partial charge < -0.3 is 15.3 Å². The minimum Gasteiger partial charge on any atom is -0.506 e. The smallest absolute Gasteiger partial charge is 0.138 e. The highest BCUT2D eigenvalue weighted by atomic mass is 16.3. The molecule has 2 bridgehead atoms. The van der Waals surface area contributed by atoms with E-state index in [1.54, 1.807) is 6.08 Å². The Morgan fingerprint density at radius 3 is 2.83 bits per heavy atom. The van der Waals surface area contributed by atoms with E-state index in [1.807, 2.05) is 31.3 Å². The van der Waals surface area contributed by atoms with Gasteiger partial charge in [-0.15, -0.1) is 0 Å². The molecule has 3 heteroatoms. The van der Waals surface area contributed by atoms with Crippen LogP contribution in [-0.2, 0) is 0 Å². The molecule has 2 heterocycles. The van der Waals surface area contributed by atoms with Crippen LogP contribution in [0, 0.1) is 0 Å². The van der Waals surface area contributed by atoms with Crippen LogP contribution in [0.5, 0.6) is 0 Å². The van der Waals surface area contributed by atoms with E-state index in [0.717, 1.165) is 5.70 Å². The quantitative estimate of drug-likeness (QED) is 0.600. The van der Waals surface area contributed by atoms with E-state index in [1.165, 1.54) is 5.57 Å². The van der Waals surface area contributed by atoms with Gasteiger partial charge in [0.1, 0.15) is 5.76 Å². The van der Waals surface area contributed by atoms with Crippen LogP contribution in [0.3, 0.4) is 0 Å². The second-order valence-corrected chi connectivity index (χ2v) is 3.29. The predicted molar refractivity (Wildman–Crippen MR) is 47.5 cm³/mol. The molecule has 2 N–H and O–H groups in total. The predicted octanol–water partition coefficient (Wildman–Crippen LogP) is 0.743. The van der Waals surface area contributed by atoms with E-state index in [2.05, 4.69) is 5.32 Å². The Bertz CT molecular complexity index is 300. The van der Waals surface area contributed by atoms with Gasteiger partial charge in [-0.05, 0) is 6.08 Å². The molecule has 1 atom stereocenters. The maximum atomic E-state index is 9.37. The molecule has 3 aliphatic rings. The average Bonchev–Trinajstić information content (AvgIpc) is 1.99. The topological polar surface area (TPSA) is 35.5 Å². The average molecular weight is 164 g/mol. The van der Waals surface area contributed by atoms with Crippen LogP contribution in [0.25, 0.3) is 0 Å². The molecule has 0 aromatic heterocycles. The molecule has 0 amide bonds. The summed E-state index contributed by atoms with van der Waals surface area (Å²) in [7, 11) is 3.95. The minimum atomic E-state index is 0.304. The molecule has 1 saturated heterocycles. The second-order valence-electron chi connectivity index (χ2n) is 3.29. The zero-order valence-corrected chi connectivity index (χ0v) is 7.20. The third-order valence-electron chi connectivity index (χ3n) is 2.02. The summed E-state index contributed by atoms with van der Waals surface area (Å²) in [5, 5.41) is 12.5. The molecule has 0 aromatic rings. The van der Waals surface area contributed by atoms with Gasteiger partial charge in [-0.1, -0.05) is 6.08 Å². The lowest BCUT2D eigenvalue weighted by Gasteiger charge is -2.37. The Morgan fingerprint density at radius 2 is 2.33 bits per heavy atom. The van der Waals surface area contributed by atoms with E-state index in [0.29, 0.717) is 11.8 Å². The van der Waals surface area contributed by atoms with Crippen LogP contribution in [0.15, 0.2) is 35.4 Å². The van der Waals surface area contributed by atoms with Crippen LogP contribution in [0.4, 0.5) is 0 Å². The fourth-order valence-corrected chi connectivity index (χ4v) is 1.46. The second kappa shape index (κ2) is 2.30. The van der Waals surface area contributed by atoms with Crippen molar-refractivity contribution in [1.82, 2.24) is 10.2 Å². The van der Waals surface area contributed by atoms with Gasteiger partial charge in [0.2, 0.25) is 0 Å². The Morgan fingerprint density at radius 1 is 1.58 bits per heavy atom. The summed E-state index contributed by atoms with van der Waals surface area (Å²) in [5.41, 5.74) is 2.04. The van der Waals surface area contributed by atoms with Crippen LogP contribution in [0.2, 0.25) is 0 Å². The molecule has 1 unspecified atom stereocenters. The molecule has 64 valence electrons. The van der Waals surface area contributed by atoms with Crippen LogP contribution in [-0.4, -0.2) is 30.1 Å². The highest BCUT2D eigenvalue weighted by Gasteiger charge is 2.32. The fourth-order valence-electron chi connectivity index (χ4n) is 1.46. The standard InChI is InChI=1S/C9H12N2O/c1-11(2)5-6-7-3-4-8(12)9(6)10-7/h3-5,7,10,12H,1-2H3. The number of dihydropyridines is 1. The van der Waals surface area contributed by atoms with Gasteiger partial charge in [-0.3, -0.25) is 0 Å². The summed E-state index contributed by atoms with van der Waals surface area (Å²) in [5.74, 6) is 0.339. The van der Waals surface area contributed by atoms with E-state index >= 15 is 0 Å². The minimum absolute atomic E-state index is 0.304. The Labute approximate surface area is 71.7 Å². The molecular weight excluding hydrogens is 152 g/mol. The maximum absolute atomic E-state index is 9.37. The van der Waals surface area contributed by atoms with Gasteiger partial charge >= 0.3 is 0 Å². The van der Waals surface area contributed by atoms with Gasteiger partial charge in [0, 0.05) is 25.9 Å². The van der Waals surface area contributed by atoms with Gasteiger partial charge in [-0.2, -0.15) is 0 Å². The van der Waals surface area contributed by atoms with Crippen molar-refractivity contribution >= 4 is 0 Å². The van der Waals surface area contributed by atoms with Crippen molar-refractivity contribution < 1.29 is 5.11 Å². The molecule has 0 saturated carbocycles. The largest absolute Gasteiger partial charge is 0.506 e. The molecule has 2 aliphatic heterocycles. The summed E-state index contributed by atoms with van der Waals surface area (Å²) >= 11 is 0. The first-order valence-electron chi connectivity index (χ1n) is 3.95. The van der Waals surface area contributed by atoms with E-state index < -0.39 is 0 Å². The lowest BCUT2D eigenvalue weighted by atomic mass is 9.89. The fraction of sp³-hybridized carbons (Fsp3) is 0.333. The normalized spacial score (nSPS) is 28.5. The molecule has 0 aromatic carbocycles. The summed E-state index contributed by atoms with van der Waals surface area (Å²) in [6.45, 7) is 0. The van der Waals surface area contributed by atoms with E-state index in [9.17, 15) is 5.11 Å². The first-order chi connectivity index (χ1) is 5.68. The number of hydrogen-bond acceptors (Lipinski definition) is 3. The molecule has 3 nitrogen and oxygen atoms in total. The number of nitrogens with one attached hydrogen (secondary N) is 1. The first-order valence-corrected chi connectivity index (χ1v) is 3.95. The third kappa shape index (κ3) is 0.897. The Balaban J connectivity index is 2.30. The Kier molecular flexibility index (Phi) is 1.40. The van der Waals surface area contributed by atoms with Crippen molar-refractivity contribution in [2.45, 2.75) is 6.04 Å². The lowest BCUT2D eigenvalue weighted by molar-refractivity contribution is 0.398. The van der Waals surface area contributed by atoms with E-state index in [-0.39, 0.29) is 0 Å². The van der Waals surface area contributed by atoms with Crippen molar-refractivity contribution in [3.05, 3.63) is 35.4 Å². The third-order valence-corrected chi connectivity index (χ3v) is 2.02. The summed E-state index contributed by atoms with van der Waals surface area (Å²) in [6.07, 6.45) is 5.72. The van der Waals surface area contributed by atoms with Gasteiger partial charge in [0.15, 0.2) is 0 Å². The molecular formula is C9H12N2O. The number of aliphatic hydroxyl groups is 1. The van der Waals surface area contributed by atoms with Crippen LogP contribution >= 0.6 is 0 Å². The van der Waals surface area contributed by atoms with Gasteiger partial charge in [0.05, 0.1) is 11.7 Å². The van der Waals surface area contributed by atoms with Crippen LogP contribution < -0.4 is 5.32 Å². The molecule has 12 heavy (non-hydrogen) atoms. The zero-order valence-electron chi connectivity index (χ0n) is 7.20. The van der Waals surface area contributed by atoms with Gasteiger partial charge in [0.25, 0.3) is 0 Å². The van der Waals surface area contributed by atoms with Crippen molar-refractivity contribution in [2.75, 3.05) is 14.1 Å². The lowest BCUT2D eigenvalue weighted by Crippen LogP contribution is -2.45. The van der Waals surface area contributed by atoms with Crippen molar-refractivity contribution in [1.29, 1.82) is 0 Å². The number of nitrogens with zero attached hydrogens (tertiary/aromatic N) is 1. The van der Waals surface area contributed by atoms with Crippen LogP contribution in [0.1, 0.15) is 0 Å². The molecule has 1 fully saturated rings. The molecule has 0 radical (unpaired) electrons. The number of allylic oxidation sites excluding steroid dienone is 1. The van der Waals surface area contributed by atoms with Crippen molar-refractivity contribution in [3.63, 3.8) is 0 Å². The summed E-state index contributed by atoms with van der Waals surface area (Å²) in [4.78, 5) is 1.98. The molecule has 0 spiro atoms. The monoisotopic (exact) mass is 164 g/mol. The van der Waals surface area contributed by atoms with Crippen molar-refractivity contribution in [3.8, 4) is 0 Å². The maximum Gasteiger partial charge on any atom is 0.138 e. The Hall–Kier alpha value is -1.38. The number of rotatable bonds is 1. The number of hydrogen-bond donors (Lipinski definition) is 2. The SMILES string of the molecule is CN(C)C=C1C2=C(O)C=CC1N2. The molecule has 1 aliphatic carbocycles. The summed E-state index contributed by atoms with van der Waals surface area (Å²) in [6, 6.07) is 0.304.